The first-order chi connectivity index (χ1) is 13.5. The molecule has 0 saturated carbocycles. The van der Waals surface area contributed by atoms with Gasteiger partial charge in [-0.25, -0.2) is 4.98 Å². The van der Waals surface area contributed by atoms with Gasteiger partial charge in [-0.15, -0.1) is 11.3 Å². The fourth-order valence-electron chi connectivity index (χ4n) is 2.80. The van der Waals surface area contributed by atoms with Crippen LogP contribution in [-0.4, -0.2) is 41.5 Å². The predicted octanol–water partition coefficient (Wildman–Crippen LogP) is 2.98. The topological polar surface area (TPSA) is 73.2 Å². The highest BCUT2D eigenvalue weighted by molar-refractivity contribution is 7.99. The van der Waals surface area contributed by atoms with Crippen LogP contribution in [-0.2, 0) is 16.1 Å². The summed E-state index contributed by atoms with van der Waals surface area (Å²) in [6.45, 7) is 5.30. The average molecular weight is 418 g/mol. The number of nitrogens with one attached hydrogen (secondary N) is 1. The van der Waals surface area contributed by atoms with E-state index >= 15 is 0 Å². The molecule has 0 aliphatic carbocycles. The van der Waals surface area contributed by atoms with Crippen LogP contribution in [0.15, 0.2) is 40.3 Å². The lowest BCUT2D eigenvalue weighted by atomic mass is 10.2. The van der Waals surface area contributed by atoms with Crippen LogP contribution in [0, 0.1) is 13.8 Å². The van der Waals surface area contributed by atoms with Crippen molar-refractivity contribution in [1.29, 1.82) is 0 Å². The van der Waals surface area contributed by atoms with Crippen molar-refractivity contribution in [3.63, 3.8) is 0 Å². The first-order valence-corrected chi connectivity index (χ1v) is 10.7. The zero-order valence-corrected chi connectivity index (χ0v) is 17.8. The molecule has 1 N–H and O–H groups in total. The molecule has 0 spiro atoms. The van der Waals surface area contributed by atoms with Crippen LogP contribution in [0.25, 0.3) is 10.2 Å². The lowest BCUT2D eigenvalue weighted by Crippen LogP contribution is -2.29. The van der Waals surface area contributed by atoms with Crippen molar-refractivity contribution in [2.24, 2.45) is 0 Å². The predicted molar refractivity (Wildman–Crippen MR) is 115 cm³/mol. The second-order valence-corrected chi connectivity index (χ2v) is 8.51. The standard InChI is InChI=1S/C20H23N3O3S2/c1-13-14(2)28-18-17(13)19(25)23(11-15-7-5-4-6-8-15)20(22-18)27-12-16(24)21-9-10-26-3/h4-8H,9-12H2,1-3H3,(H,21,24). The molecule has 148 valence electrons. The van der Waals surface area contributed by atoms with Crippen LogP contribution in [0.3, 0.4) is 0 Å². The number of fused-ring (bicyclic) bond motifs is 1. The van der Waals surface area contributed by atoms with Crippen LogP contribution < -0.4 is 10.9 Å². The fraction of sp³-hybridized carbons (Fsp3) is 0.350. The van der Waals surface area contributed by atoms with Gasteiger partial charge in [-0.2, -0.15) is 0 Å². The first-order valence-electron chi connectivity index (χ1n) is 8.94. The molecule has 0 saturated heterocycles. The summed E-state index contributed by atoms with van der Waals surface area (Å²) in [6.07, 6.45) is 0. The SMILES string of the molecule is COCCNC(=O)CSc1nc2sc(C)c(C)c2c(=O)n1Cc1ccccc1. The maximum absolute atomic E-state index is 13.2. The molecule has 28 heavy (non-hydrogen) atoms. The van der Waals surface area contributed by atoms with Crippen LogP contribution >= 0.6 is 23.1 Å². The minimum Gasteiger partial charge on any atom is -0.383 e. The van der Waals surface area contributed by atoms with Gasteiger partial charge in [0.25, 0.3) is 5.56 Å². The normalized spacial score (nSPS) is 11.1. The molecule has 0 aliphatic heterocycles. The highest BCUT2D eigenvalue weighted by atomic mass is 32.2. The number of amides is 1. The second-order valence-electron chi connectivity index (χ2n) is 6.37. The summed E-state index contributed by atoms with van der Waals surface area (Å²) in [4.78, 5) is 31.8. The third-order valence-corrected chi connectivity index (χ3v) is 6.48. The number of ether oxygens (including phenoxy) is 1. The number of benzene rings is 1. The molecule has 8 heteroatoms. The second kappa shape index (κ2) is 9.36. The minimum atomic E-state index is -0.110. The van der Waals surface area contributed by atoms with E-state index in [1.807, 2.05) is 44.2 Å². The van der Waals surface area contributed by atoms with E-state index in [0.29, 0.717) is 30.2 Å². The van der Waals surface area contributed by atoms with Gasteiger partial charge in [0.1, 0.15) is 4.83 Å². The monoisotopic (exact) mass is 417 g/mol. The molecule has 1 amide bonds. The number of aryl methyl sites for hydroxylation is 2. The molecule has 0 aliphatic rings. The van der Waals surface area contributed by atoms with Crippen molar-refractivity contribution in [3.8, 4) is 0 Å². The maximum Gasteiger partial charge on any atom is 0.263 e. The van der Waals surface area contributed by atoms with E-state index in [-0.39, 0.29) is 17.2 Å². The molecule has 1 aromatic carbocycles. The fourth-order valence-corrected chi connectivity index (χ4v) is 4.70. The molecular weight excluding hydrogens is 394 g/mol. The number of carbonyl (C=O) groups excluding carboxylic acids is 1. The Hall–Kier alpha value is -2.16. The van der Waals surface area contributed by atoms with Gasteiger partial charge in [0.15, 0.2) is 5.16 Å². The van der Waals surface area contributed by atoms with Crippen LogP contribution in [0.2, 0.25) is 0 Å². The van der Waals surface area contributed by atoms with E-state index in [1.54, 1.807) is 11.7 Å². The Labute approximate surface area is 171 Å². The van der Waals surface area contributed by atoms with Gasteiger partial charge in [-0.05, 0) is 25.0 Å². The summed E-state index contributed by atoms with van der Waals surface area (Å²) in [6, 6.07) is 9.80. The quantitative estimate of drug-likeness (QED) is 0.347. The van der Waals surface area contributed by atoms with Crippen molar-refractivity contribution < 1.29 is 9.53 Å². The Morgan fingerprint density at radius 2 is 2.04 bits per heavy atom. The van der Waals surface area contributed by atoms with Gasteiger partial charge in [0, 0.05) is 18.5 Å². The molecule has 3 aromatic rings. The lowest BCUT2D eigenvalue weighted by Gasteiger charge is -2.12. The first kappa shape index (κ1) is 20.6. The number of thiophene rings is 1. The minimum absolute atomic E-state index is 0.0574. The van der Waals surface area contributed by atoms with E-state index in [0.717, 1.165) is 20.8 Å². The molecule has 3 rings (SSSR count). The number of hydrogen-bond donors (Lipinski definition) is 1. The van der Waals surface area contributed by atoms with Gasteiger partial charge in [0.05, 0.1) is 24.3 Å². The highest BCUT2D eigenvalue weighted by Gasteiger charge is 2.18. The van der Waals surface area contributed by atoms with Crippen molar-refractivity contribution in [1.82, 2.24) is 14.9 Å². The smallest absolute Gasteiger partial charge is 0.263 e. The van der Waals surface area contributed by atoms with Gasteiger partial charge in [0.2, 0.25) is 5.91 Å². The third-order valence-electron chi connectivity index (χ3n) is 4.40. The zero-order chi connectivity index (χ0) is 20.1. The molecule has 0 atom stereocenters. The summed E-state index contributed by atoms with van der Waals surface area (Å²) in [5.74, 6) is 0.0842. The molecule has 0 fully saturated rings. The van der Waals surface area contributed by atoms with Crippen molar-refractivity contribution in [3.05, 3.63) is 56.7 Å². The Morgan fingerprint density at radius 3 is 2.75 bits per heavy atom. The van der Waals surface area contributed by atoms with Crippen LogP contribution in [0.1, 0.15) is 16.0 Å². The number of thioether (sulfide) groups is 1. The van der Waals surface area contributed by atoms with E-state index in [2.05, 4.69) is 5.32 Å². The molecule has 0 radical (unpaired) electrons. The summed E-state index contributed by atoms with van der Waals surface area (Å²) < 4.78 is 6.61. The summed E-state index contributed by atoms with van der Waals surface area (Å²) in [5.41, 5.74) is 1.94. The van der Waals surface area contributed by atoms with Gasteiger partial charge < -0.3 is 10.1 Å². The van der Waals surface area contributed by atoms with Crippen molar-refractivity contribution in [2.45, 2.75) is 25.5 Å². The lowest BCUT2D eigenvalue weighted by molar-refractivity contribution is -0.118. The van der Waals surface area contributed by atoms with E-state index in [9.17, 15) is 9.59 Å². The molecule has 0 bridgehead atoms. The van der Waals surface area contributed by atoms with Crippen molar-refractivity contribution >= 4 is 39.2 Å². The van der Waals surface area contributed by atoms with Crippen LogP contribution in [0.4, 0.5) is 0 Å². The number of aromatic nitrogens is 2. The largest absolute Gasteiger partial charge is 0.383 e. The third kappa shape index (κ3) is 4.63. The Kier molecular flexibility index (Phi) is 6.88. The number of nitrogens with zero attached hydrogens (tertiary/aromatic N) is 2. The Morgan fingerprint density at radius 1 is 1.29 bits per heavy atom. The summed E-state index contributed by atoms with van der Waals surface area (Å²) in [5, 5.41) is 4.02. The number of methoxy groups -OCH3 is 1. The number of rotatable bonds is 8. The molecule has 2 aromatic heterocycles. The average Bonchev–Trinajstić information content (AvgIpc) is 2.97. The number of hydrogen-bond acceptors (Lipinski definition) is 6. The highest BCUT2D eigenvalue weighted by Crippen LogP contribution is 2.28. The Bertz CT molecular complexity index is 1030. The summed E-state index contributed by atoms with van der Waals surface area (Å²) in [7, 11) is 1.59. The van der Waals surface area contributed by atoms with Crippen LogP contribution in [0.5, 0.6) is 0 Å². The van der Waals surface area contributed by atoms with E-state index in [4.69, 9.17) is 9.72 Å². The molecular formula is C20H23N3O3S2. The Balaban J connectivity index is 1.93. The molecule has 6 nitrogen and oxygen atoms in total. The van der Waals surface area contributed by atoms with Gasteiger partial charge >= 0.3 is 0 Å². The summed E-state index contributed by atoms with van der Waals surface area (Å²) >= 11 is 2.80. The number of carbonyl (C=O) groups is 1. The molecule has 0 unspecified atom stereocenters. The van der Waals surface area contributed by atoms with Gasteiger partial charge in [-0.1, -0.05) is 42.1 Å². The molecule has 2 heterocycles. The maximum atomic E-state index is 13.2. The van der Waals surface area contributed by atoms with E-state index < -0.39 is 0 Å². The van der Waals surface area contributed by atoms with Gasteiger partial charge in [-0.3, -0.25) is 14.2 Å². The zero-order valence-electron chi connectivity index (χ0n) is 16.2. The van der Waals surface area contributed by atoms with Crippen molar-refractivity contribution in [2.75, 3.05) is 26.0 Å². The van der Waals surface area contributed by atoms with E-state index in [1.165, 1.54) is 23.1 Å².